The van der Waals surface area contributed by atoms with Crippen molar-refractivity contribution >= 4 is 17.5 Å². The Balaban J connectivity index is 1.56. The van der Waals surface area contributed by atoms with Crippen molar-refractivity contribution < 1.29 is 9.59 Å². The molecule has 124 valence electrons. The van der Waals surface area contributed by atoms with E-state index in [1.807, 2.05) is 24.3 Å². The van der Waals surface area contributed by atoms with Gasteiger partial charge in [0.2, 0.25) is 11.8 Å². The highest BCUT2D eigenvalue weighted by Crippen LogP contribution is 2.26. The summed E-state index contributed by atoms with van der Waals surface area (Å²) >= 11 is 0. The highest BCUT2D eigenvalue weighted by Gasteiger charge is 2.23. The smallest absolute Gasteiger partial charge is 0.240 e. The number of nitrogens with one attached hydrogen (secondary N) is 1. The molecular weight excluding hydrogens is 290 g/mol. The molecule has 2 amide bonds. The van der Waals surface area contributed by atoms with Crippen LogP contribution in [0.5, 0.6) is 0 Å². The maximum absolute atomic E-state index is 12.3. The van der Waals surface area contributed by atoms with Crippen LogP contribution < -0.4 is 10.2 Å². The van der Waals surface area contributed by atoms with Gasteiger partial charge in [-0.15, -0.1) is 0 Å². The summed E-state index contributed by atoms with van der Waals surface area (Å²) in [6, 6.07) is 7.90. The van der Waals surface area contributed by atoms with E-state index in [0.717, 1.165) is 43.7 Å². The topological polar surface area (TPSA) is 52.7 Å². The lowest BCUT2D eigenvalue weighted by Gasteiger charge is -2.23. The molecule has 0 aromatic heterocycles. The molecule has 0 spiro atoms. The molecule has 0 unspecified atom stereocenters. The number of amides is 2. The molecule has 1 N–H and O–H groups in total. The van der Waals surface area contributed by atoms with E-state index in [0.29, 0.717) is 13.0 Å². The van der Waals surface area contributed by atoms with E-state index in [1.165, 1.54) is 12.8 Å². The zero-order valence-electron chi connectivity index (χ0n) is 13.6. The van der Waals surface area contributed by atoms with E-state index in [4.69, 9.17) is 0 Å². The molecule has 0 aliphatic carbocycles. The second-order valence-electron chi connectivity index (χ2n) is 6.36. The van der Waals surface area contributed by atoms with Crippen LogP contribution in [0.2, 0.25) is 0 Å². The normalized spacial score (nSPS) is 18.6. The number of carbonyl (C=O) groups is 2. The van der Waals surface area contributed by atoms with Crippen molar-refractivity contribution in [1.82, 2.24) is 10.2 Å². The van der Waals surface area contributed by atoms with Crippen LogP contribution in [0.25, 0.3) is 0 Å². The minimum absolute atomic E-state index is 0.0460. The Kier molecular flexibility index (Phi) is 5.28. The lowest BCUT2D eigenvalue weighted by molar-refractivity contribution is -0.123. The van der Waals surface area contributed by atoms with Gasteiger partial charge >= 0.3 is 0 Å². The number of benzene rings is 1. The van der Waals surface area contributed by atoms with Crippen LogP contribution in [0.15, 0.2) is 24.3 Å². The van der Waals surface area contributed by atoms with E-state index < -0.39 is 0 Å². The third-order valence-electron chi connectivity index (χ3n) is 4.67. The molecule has 0 radical (unpaired) electrons. The number of fused-ring (bicyclic) bond motifs is 1. The SMILES string of the molecule is O=C(CN1C(=O)CCCc2ccccc21)NCCN1CCCC1. The first-order valence-electron chi connectivity index (χ1n) is 8.61. The zero-order valence-corrected chi connectivity index (χ0v) is 13.6. The minimum atomic E-state index is -0.0748. The number of carbonyl (C=O) groups excluding carboxylic acids is 2. The van der Waals surface area contributed by atoms with Crippen LogP contribution in [-0.4, -0.2) is 49.4 Å². The van der Waals surface area contributed by atoms with E-state index in [1.54, 1.807) is 4.90 Å². The highest BCUT2D eigenvalue weighted by atomic mass is 16.2. The molecular formula is C18H25N3O2. The van der Waals surface area contributed by atoms with Crippen molar-refractivity contribution in [3.8, 4) is 0 Å². The van der Waals surface area contributed by atoms with E-state index in [2.05, 4.69) is 10.2 Å². The van der Waals surface area contributed by atoms with Crippen molar-refractivity contribution in [1.29, 1.82) is 0 Å². The Morgan fingerprint density at radius 1 is 1.09 bits per heavy atom. The number of aryl methyl sites for hydroxylation is 1. The van der Waals surface area contributed by atoms with Gasteiger partial charge in [-0.3, -0.25) is 9.59 Å². The van der Waals surface area contributed by atoms with Gasteiger partial charge in [0.05, 0.1) is 0 Å². The Hall–Kier alpha value is -1.88. The number of likely N-dealkylation sites (tertiary alicyclic amines) is 1. The van der Waals surface area contributed by atoms with Gasteiger partial charge in [-0.05, 0) is 50.4 Å². The summed E-state index contributed by atoms with van der Waals surface area (Å²) in [5.74, 6) is -0.0288. The molecule has 1 aromatic rings. The Bertz CT molecular complexity index is 567. The molecule has 0 saturated carbocycles. The molecule has 3 rings (SSSR count). The van der Waals surface area contributed by atoms with Crippen LogP contribution in [-0.2, 0) is 16.0 Å². The summed E-state index contributed by atoms with van der Waals surface area (Å²) in [6.07, 6.45) is 4.77. The van der Waals surface area contributed by atoms with Gasteiger partial charge in [0.15, 0.2) is 0 Å². The second kappa shape index (κ2) is 7.59. The molecule has 2 heterocycles. The average molecular weight is 315 g/mol. The zero-order chi connectivity index (χ0) is 16.1. The Morgan fingerprint density at radius 3 is 2.70 bits per heavy atom. The van der Waals surface area contributed by atoms with Gasteiger partial charge in [-0.25, -0.2) is 0 Å². The summed E-state index contributed by atoms with van der Waals surface area (Å²) in [7, 11) is 0. The van der Waals surface area contributed by atoms with Crippen molar-refractivity contribution in [2.45, 2.75) is 32.1 Å². The first-order valence-corrected chi connectivity index (χ1v) is 8.61. The van der Waals surface area contributed by atoms with Crippen LogP contribution in [0.3, 0.4) is 0 Å². The predicted molar refractivity (Wildman–Crippen MR) is 90.4 cm³/mol. The summed E-state index contributed by atoms with van der Waals surface area (Å²) in [4.78, 5) is 28.6. The maximum atomic E-state index is 12.3. The Morgan fingerprint density at radius 2 is 1.87 bits per heavy atom. The van der Waals surface area contributed by atoms with Crippen molar-refractivity contribution in [2.24, 2.45) is 0 Å². The lowest BCUT2D eigenvalue weighted by Crippen LogP contribution is -2.42. The predicted octanol–water partition coefficient (Wildman–Crippen LogP) is 1.57. The molecule has 2 aliphatic heterocycles. The fourth-order valence-corrected chi connectivity index (χ4v) is 3.42. The number of para-hydroxylation sites is 1. The Labute approximate surface area is 137 Å². The summed E-state index contributed by atoms with van der Waals surface area (Å²) in [5.41, 5.74) is 2.05. The maximum Gasteiger partial charge on any atom is 0.240 e. The number of rotatable bonds is 5. The second-order valence-corrected chi connectivity index (χ2v) is 6.36. The van der Waals surface area contributed by atoms with E-state index in [-0.39, 0.29) is 18.4 Å². The standard InChI is InChI=1S/C18H25N3O2/c22-17(19-10-13-20-11-3-4-12-20)14-21-16-8-2-1-6-15(16)7-5-9-18(21)23/h1-2,6,8H,3-5,7,9-14H2,(H,19,22). The van der Waals surface area contributed by atoms with E-state index in [9.17, 15) is 9.59 Å². The molecule has 0 bridgehead atoms. The molecule has 5 heteroatoms. The quantitative estimate of drug-likeness (QED) is 0.897. The van der Waals surface area contributed by atoms with Crippen molar-refractivity contribution in [2.75, 3.05) is 37.6 Å². The average Bonchev–Trinajstić information content (AvgIpc) is 3.01. The van der Waals surface area contributed by atoms with Crippen LogP contribution in [0, 0.1) is 0 Å². The summed E-state index contributed by atoms with van der Waals surface area (Å²) < 4.78 is 0. The molecule has 23 heavy (non-hydrogen) atoms. The van der Waals surface area contributed by atoms with Crippen LogP contribution >= 0.6 is 0 Å². The highest BCUT2D eigenvalue weighted by molar-refractivity contribution is 5.99. The third kappa shape index (κ3) is 4.10. The first kappa shape index (κ1) is 16.0. The fourth-order valence-electron chi connectivity index (χ4n) is 3.42. The fraction of sp³-hybridized carbons (Fsp3) is 0.556. The number of hydrogen-bond donors (Lipinski definition) is 1. The van der Waals surface area contributed by atoms with E-state index >= 15 is 0 Å². The summed E-state index contributed by atoms with van der Waals surface area (Å²) in [6.45, 7) is 3.94. The van der Waals surface area contributed by atoms with Gasteiger partial charge in [0.1, 0.15) is 6.54 Å². The number of nitrogens with zero attached hydrogens (tertiary/aromatic N) is 2. The number of hydrogen-bond acceptors (Lipinski definition) is 3. The van der Waals surface area contributed by atoms with Crippen LogP contribution in [0.1, 0.15) is 31.2 Å². The molecule has 0 atom stereocenters. The first-order chi connectivity index (χ1) is 11.2. The van der Waals surface area contributed by atoms with Gasteiger partial charge in [0.25, 0.3) is 0 Å². The van der Waals surface area contributed by atoms with Crippen molar-refractivity contribution in [3.05, 3.63) is 29.8 Å². The van der Waals surface area contributed by atoms with Gasteiger partial charge in [-0.1, -0.05) is 18.2 Å². The molecule has 5 nitrogen and oxygen atoms in total. The van der Waals surface area contributed by atoms with Crippen LogP contribution in [0.4, 0.5) is 5.69 Å². The molecule has 1 saturated heterocycles. The molecule has 1 aromatic carbocycles. The molecule has 1 fully saturated rings. The van der Waals surface area contributed by atoms with Gasteiger partial charge < -0.3 is 15.1 Å². The largest absolute Gasteiger partial charge is 0.353 e. The third-order valence-corrected chi connectivity index (χ3v) is 4.67. The van der Waals surface area contributed by atoms with Gasteiger partial charge in [-0.2, -0.15) is 0 Å². The lowest BCUT2D eigenvalue weighted by atomic mass is 10.1. The minimum Gasteiger partial charge on any atom is -0.353 e. The van der Waals surface area contributed by atoms with Crippen molar-refractivity contribution in [3.63, 3.8) is 0 Å². The monoisotopic (exact) mass is 315 g/mol. The number of anilines is 1. The molecule has 2 aliphatic rings. The summed E-state index contributed by atoms with van der Waals surface area (Å²) in [5, 5.41) is 2.95. The van der Waals surface area contributed by atoms with Gasteiger partial charge in [0, 0.05) is 25.2 Å².